The molecule has 0 spiro atoms. The molecule has 0 unspecified atom stereocenters. The minimum atomic E-state index is -0.996. The summed E-state index contributed by atoms with van der Waals surface area (Å²) < 4.78 is 15.4. The van der Waals surface area contributed by atoms with Crippen LogP contribution in [0.2, 0.25) is 0 Å². The van der Waals surface area contributed by atoms with E-state index in [1.165, 1.54) is 11.9 Å². The number of likely N-dealkylation sites (tertiary alicyclic amines) is 1. The summed E-state index contributed by atoms with van der Waals surface area (Å²) in [5, 5.41) is 13.9. The number of primary amides is 1. The quantitative estimate of drug-likeness (QED) is 0.544. The fourth-order valence-electron chi connectivity index (χ4n) is 4.11. The first-order valence-electron chi connectivity index (χ1n) is 11.1. The van der Waals surface area contributed by atoms with Crippen LogP contribution >= 0.6 is 0 Å². The molecule has 2 aromatic rings. The Hall–Kier alpha value is -2.78. The Labute approximate surface area is 187 Å². The number of aryl methyl sites for hydroxylation is 1. The van der Waals surface area contributed by atoms with E-state index < -0.39 is 11.4 Å². The van der Waals surface area contributed by atoms with Crippen LogP contribution in [0.25, 0.3) is 0 Å². The molecule has 1 aliphatic carbocycles. The zero-order chi connectivity index (χ0) is 22.7. The highest BCUT2D eigenvalue weighted by Gasteiger charge is 2.35. The molecule has 1 saturated carbocycles. The van der Waals surface area contributed by atoms with Gasteiger partial charge in [-0.3, -0.25) is 9.69 Å². The molecule has 0 bridgehead atoms. The normalized spacial score (nSPS) is 18.3. The van der Waals surface area contributed by atoms with Gasteiger partial charge in [-0.05, 0) is 38.2 Å². The van der Waals surface area contributed by atoms with Crippen LogP contribution in [-0.2, 0) is 11.3 Å². The van der Waals surface area contributed by atoms with Crippen molar-refractivity contribution in [1.82, 2.24) is 14.9 Å². The minimum Gasteiger partial charge on any atom is -0.388 e. The van der Waals surface area contributed by atoms with Gasteiger partial charge in [0.05, 0.1) is 12.1 Å². The second-order valence-corrected chi connectivity index (χ2v) is 9.02. The highest BCUT2D eigenvalue weighted by atomic mass is 19.1. The van der Waals surface area contributed by atoms with Crippen molar-refractivity contribution >= 4 is 17.5 Å². The molecular formula is C23H31FN6O2. The van der Waals surface area contributed by atoms with Gasteiger partial charge in [-0.2, -0.15) is 4.39 Å². The third-order valence-electron chi connectivity index (χ3n) is 6.26. The maximum atomic E-state index is 15.4. The second-order valence-electron chi connectivity index (χ2n) is 9.02. The molecule has 1 amide bonds. The van der Waals surface area contributed by atoms with E-state index in [9.17, 15) is 9.90 Å². The number of aliphatic hydroxyl groups is 1. The number of aromatic nitrogens is 2. The van der Waals surface area contributed by atoms with Crippen molar-refractivity contribution < 1.29 is 14.3 Å². The Morgan fingerprint density at radius 1 is 1.28 bits per heavy atom. The third-order valence-corrected chi connectivity index (χ3v) is 6.26. The number of piperidine rings is 1. The van der Waals surface area contributed by atoms with E-state index in [4.69, 9.17) is 5.73 Å². The van der Waals surface area contributed by atoms with Crippen molar-refractivity contribution in [2.24, 2.45) is 5.73 Å². The van der Waals surface area contributed by atoms with E-state index in [0.29, 0.717) is 32.5 Å². The number of nitrogens with two attached hydrogens (primary N) is 1. The molecule has 9 heteroatoms. The van der Waals surface area contributed by atoms with Crippen molar-refractivity contribution in [3.63, 3.8) is 0 Å². The number of anilines is 2. The second kappa shape index (κ2) is 9.38. The van der Waals surface area contributed by atoms with E-state index in [1.807, 2.05) is 16.7 Å². The van der Waals surface area contributed by atoms with Crippen LogP contribution in [0.15, 0.2) is 30.6 Å². The number of benzene rings is 1. The van der Waals surface area contributed by atoms with Gasteiger partial charge in [0, 0.05) is 32.2 Å². The van der Waals surface area contributed by atoms with Gasteiger partial charge in [0.2, 0.25) is 11.7 Å². The summed E-state index contributed by atoms with van der Waals surface area (Å²) in [6, 6.07) is 8.50. The van der Waals surface area contributed by atoms with Crippen LogP contribution < -0.4 is 16.0 Å². The topological polar surface area (TPSA) is 108 Å². The highest BCUT2D eigenvalue weighted by Crippen LogP contribution is 2.35. The molecule has 2 fully saturated rings. The van der Waals surface area contributed by atoms with Crippen LogP contribution in [-0.4, -0.2) is 63.7 Å². The first-order valence-corrected chi connectivity index (χ1v) is 11.1. The van der Waals surface area contributed by atoms with Gasteiger partial charge in [0.25, 0.3) is 0 Å². The average molecular weight is 443 g/mol. The Balaban J connectivity index is 1.42. The van der Waals surface area contributed by atoms with Crippen molar-refractivity contribution in [1.29, 1.82) is 0 Å². The minimum absolute atomic E-state index is 0.0950. The number of hydrogen-bond donors (Lipinski definition) is 3. The fraction of sp³-hybridized carbons (Fsp3) is 0.522. The zero-order valence-electron chi connectivity index (χ0n) is 18.4. The van der Waals surface area contributed by atoms with Gasteiger partial charge in [-0.25, -0.2) is 9.97 Å². The average Bonchev–Trinajstić information content (AvgIpc) is 3.60. The zero-order valence-corrected chi connectivity index (χ0v) is 18.4. The molecule has 0 radical (unpaired) electrons. The predicted molar refractivity (Wildman–Crippen MR) is 121 cm³/mol. The molecule has 8 nitrogen and oxygen atoms in total. The molecule has 172 valence electrons. The molecule has 1 aromatic carbocycles. The fourth-order valence-corrected chi connectivity index (χ4v) is 4.11. The Kier molecular flexibility index (Phi) is 6.57. The van der Waals surface area contributed by atoms with Gasteiger partial charge in [0.15, 0.2) is 11.6 Å². The number of halogens is 1. The molecule has 2 aliphatic rings. The van der Waals surface area contributed by atoms with Gasteiger partial charge in [0.1, 0.15) is 6.33 Å². The third kappa shape index (κ3) is 5.52. The molecule has 4 N–H and O–H groups in total. The Bertz CT molecular complexity index is 942. The summed E-state index contributed by atoms with van der Waals surface area (Å²) in [5.41, 5.74) is 6.54. The lowest BCUT2D eigenvalue weighted by atomic mass is 9.91. The highest BCUT2D eigenvalue weighted by molar-refractivity contribution is 5.75. The van der Waals surface area contributed by atoms with Crippen LogP contribution in [0.5, 0.6) is 0 Å². The van der Waals surface area contributed by atoms with Crippen LogP contribution in [0.1, 0.15) is 36.8 Å². The van der Waals surface area contributed by atoms with Gasteiger partial charge < -0.3 is 21.1 Å². The smallest absolute Gasteiger partial charge is 0.231 e. The standard InChI is InChI=1S/C23H31FN6O2/c1-16-2-4-17(5-3-16)12-30(18-6-7-18)22-20(24)21(27-15-28-22)26-14-23(32)8-10-29(11-9-23)13-19(25)31/h2-5,15,18,32H,6-14H2,1H3,(H2,25,31)(H,26,27,28). The largest absolute Gasteiger partial charge is 0.388 e. The summed E-state index contributed by atoms with van der Waals surface area (Å²) in [6.45, 7) is 4.10. The van der Waals surface area contributed by atoms with E-state index in [1.54, 1.807) is 0 Å². The number of nitrogens with zero attached hydrogens (tertiary/aromatic N) is 4. The molecule has 0 atom stereocenters. The number of rotatable bonds is 9. The number of hydrogen-bond acceptors (Lipinski definition) is 7. The van der Waals surface area contributed by atoms with Crippen molar-refractivity contribution in [2.75, 3.05) is 36.4 Å². The van der Waals surface area contributed by atoms with Crippen LogP contribution in [0, 0.1) is 12.7 Å². The maximum Gasteiger partial charge on any atom is 0.231 e. The predicted octanol–water partition coefficient (Wildman–Crippen LogP) is 1.82. The summed E-state index contributed by atoms with van der Waals surface area (Å²) in [5.74, 6) is -0.498. The monoisotopic (exact) mass is 442 g/mol. The lowest BCUT2D eigenvalue weighted by Gasteiger charge is -2.37. The van der Waals surface area contributed by atoms with Crippen LogP contribution in [0.3, 0.4) is 0 Å². The lowest BCUT2D eigenvalue weighted by Crippen LogP contribution is -2.50. The van der Waals surface area contributed by atoms with E-state index in [2.05, 4.69) is 39.6 Å². The van der Waals surface area contributed by atoms with Crippen molar-refractivity contribution in [3.8, 4) is 0 Å². The number of carbonyl (C=O) groups is 1. The number of nitrogens with one attached hydrogen (secondary N) is 1. The van der Waals surface area contributed by atoms with Gasteiger partial charge in [-0.15, -0.1) is 0 Å². The molecule has 2 heterocycles. The SMILES string of the molecule is Cc1ccc(CN(c2ncnc(NCC3(O)CCN(CC(N)=O)CC3)c2F)C2CC2)cc1. The van der Waals surface area contributed by atoms with Crippen molar-refractivity contribution in [2.45, 2.75) is 50.8 Å². The molecule has 1 aromatic heterocycles. The summed E-state index contributed by atoms with van der Waals surface area (Å²) >= 11 is 0. The lowest BCUT2D eigenvalue weighted by molar-refractivity contribution is -0.120. The summed E-state index contributed by atoms with van der Waals surface area (Å²) in [4.78, 5) is 23.3. The summed E-state index contributed by atoms with van der Waals surface area (Å²) in [6.07, 6.45) is 4.33. The molecule has 1 saturated heterocycles. The Morgan fingerprint density at radius 3 is 2.59 bits per heavy atom. The van der Waals surface area contributed by atoms with E-state index in [0.717, 1.165) is 18.4 Å². The number of amides is 1. The maximum absolute atomic E-state index is 15.4. The van der Waals surface area contributed by atoms with Crippen molar-refractivity contribution in [3.05, 3.63) is 47.5 Å². The van der Waals surface area contributed by atoms with Crippen LogP contribution in [0.4, 0.5) is 16.0 Å². The summed E-state index contributed by atoms with van der Waals surface area (Å²) in [7, 11) is 0. The van der Waals surface area contributed by atoms with E-state index in [-0.39, 0.29) is 36.7 Å². The van der Waals surface area contributed by atoms with E-state index >= 15 is 4.39 Å². The first kappa shape index (κ1) is 22.4. The Morgan fingerprint density at radius 2 is 1.97 bits per heavy atom. The number of carbonyl (C=O) groups excluding carboxylic acids is 1. The molecule has 4 rings (SSSR count). The molecule has 32 heavy (non-hydrogen) atoms. The van der Waals surface area contributed by atoms with Gasteiger partial charge in [-0.1, -0.05) is 29.8 Å². The molecule has 1 aliphatic heterocycles. The first-order chi connectivity index (χ1) is 15.3. The molecular weight excluding hydrogens is 411 g/mol. The van der Waals surface area contributed by atoms with Gasteiger partial charge >= 0.3 is 0 Å².